The quantitative estimate of drug-likeness (QED) is 0.804. The topological polar surface area (TPSA) is 56.1 Å². The van der Waals surface area contributed by atoms with Crippen molar-refractivity contribution in [1.82, 2.24) is 10.2 Å². The number of halogens is 1. The Balaban J connectivity index is 2.27. The normalized spacial score (nSPS) is 10.2. The summed E-state index contributed by atoms with van der Waals surface area (Å²) < 4.78 is 0.756. The van der Waals surface area contributed by atoms with Crippen LogP contribution in [0.3, 0.4) is 0 Å². The second kappa shape index (κ2) is 7.28. The number of carbonyl (C=O) groups excluding carboxylic acids is 1. The molecule has 0 atom stereocenters. The van der Waals surface area contributed by atoms with Crippen LogP contribution >= 0.6 is 22.9 Å². The molecule has 0 aliphatic carbocycles. The number of nitrogens with one attached hydrogen (secondary N) is 1. The highest BCUT2D eigenvalue weighted by atomic mass is 35.5. The Morgan fingerprint density at radius 2 is 2.41 bits per heavy atom. The average Bonchev–Trinajstić information content (AvgIpc) is 2.64. The van der Waals surface area contributed by atoms with Crippen LogP contribution in [-0.4, -0.2) is 30.9 Å². The molecule has 1 heterocycles. The minimum absolute atomic E-state index is 0.0644. The fraction of sp³-hybridized carbons (Fsp3) is 0.455. The number of thiophene rings is 1. The largest absolute Gasteiger partial charge is 0.354 e. The van der Waals surface area contributed by atoms with E-state index in [1.807, 2.05) is 30.1 Å². The first kappa shape index (κ1) is 14.0. The van der Waals surface area contributed by atoms with Gasteiger partial charge in [-0.3, -0.25) is 9.69 Å². The van der Waals surface area contributed by atoms with Crippen LogP contribution in [0, 0.1) is 11.3 Å². The average molecular weight is 272 g/mol. The summed E-state index contributed by atoms with van der Waals surface area (Å²) in [5.74, 6) is -0.0644. The van der Waals surface area contributed by atoms with Gasteiger partial charge in [0, 0.05) is 18.0 Å². The highest BCUT2D eigenvalue weighted by Gasteiger charge is 2.07. The van der Waals surface area contributed by atoms with E-state index in [1.165, 1.54) is 11.3 Å². The number of rotatable bonds is 6. The zero-order chi connectivity index (χ0) is 12.7. The van der Waals surface area contributed by atoms with Crippen molar-refractivity contribution in [1.29, 1.82) is 5.26 Å². The molecule has 0 saturated carbocycles. The van der Waals surface area contributed by atoms with E-state index < -0.39 is 0 Å². The molecule has 0 fully saturated rings. The van der Waals surface area contributed by atoms with E-state index in [9.17, 15) is 4.79 Å². The predicted molar refractivity (Wildman–Crippen MR) is 68.9 cm³/mol. The maximum atomic E-state index is 11.4. The monoisotopic (exact) mass is 271 g/mol. The summed E-state index contributed by atoms with van der Waals surface area (Å²) in [6.07, 6.45) is 0.343. The third-order valence-corrected chi connectivity index (χ3v) is 3.24. The first-order valence-electron chi connectivity index (χ1n) is 5.18. The molecule has 1 aromatic rings. The molecule has 1 amide bonds. The Kier molecular flexibility index (Phi) is 5.98. The molecular formula is C11H14ClN3OS. The van der Waals surface area contributed by atoms with Crippen molar-refractivity contribution in [3.8, 4) is 6.07 Å². The van der Waals surface area contributed by atoms with Gasteiger partial charge in [0.25, 0.3) is 0 Å². The van der Waals surface area contributed by atoms with Gasteiger partial charge in [-0.05, 0) is 19.2 Å². The Morgan fingerprint density at radius 1 is 1.65 bits per heavy atom. The van der Waals surface area contributed by atoms with Crippen LogP contribution in [0.4, 0.5) is 0 Å². The van der Waals surface area contributed by atoms with Crippen LogP contribution in [0.15, 0.2) is 12.1 Å². The molecule has 1 rings (SSSR count). The van der Waals surface area contributed by atoms with E-state index in [4.69, 9.17) is 16.9 Å². The molecule has 0 aliphatic rings. The summed E-state index contributed by atoms with van der Waals surface area (Å²) >= 11 is 7.34. The van der Waals surface area contributed by atoms with Crippen molar-refractivity contribution in [2.45, 2.75) is 13.0 Å². The number of hydrogen-bond donors (Lipinski definition) is 1. The summed E-state index contributed by atoms with van der Waals surface area (Å²) in [4.78, 5) is 14.5. The van der Waals surface area contributed by atoms with Gasteiger partial charge in [-0.25, -0.2) is 0 Å². The fourth-order valence-corrected chi connectivity index (χ4v) is 2.49. The van der Waals surface area contributed by atoms with Crippen molar-refractivity contribution in [2.75, 3.05) is 20.1 Å². The summed E-state index contributed by atoms with van der Waals surface area (Å²) in [6.45, 7) is 1.43. The number of amides is 1. The molecule has 0 spiro atoms. The number of carbonyl (C=O) groups is 1. The minimum Gasteiger partial charge on any atom is -0.354 e. The number of hydrogen-bond acceptors (Lipinski definition) is 4. The van der Waals surface area contributed by atoms with Gasteiger partial charge in [-0.2, -0.15) is 5.26 Å². The van der Waals surface area contributed by atoms with E-state index in [-0.39, 0.29) is 5.91 Å². The number of nitriles is 1. The summed E-state index contributed by atoms with van der Waals surface area (Å²) in [7, 11) is 1.87. The third kappa shape index (κ3) is 5.68. The number of nitrogens with zero attached hydrogens (tertiary/aromatic N) is 2. The minimum atomic E-state index is -0.0644. The van der Waals surface area contributed by atoms with Gasteiger partial charge >= 0.3 is 0 Å². The van der Waals surface area contributed by atoms with E-state index in [0.29, 0.717) is 26.1 Å². The molecule has 0 unspecified atom stereocenters. The van der Waals surface area contributed by atoms with Crippen LogP contribution in [0.25, 0.3) is 0 Å². The molecule has 17 heavy (non-hydrogen) atoms. The van der Waals surface area contributed by atoms with Gasteiger partial charge in [0.05, 0.1) is 23.4 Å². The molecule has 0 aromatic carbocycles. The molecular weight excluding hydrogens is 258 g/mol. The second-order valence-corrected chi connectivity index (χ2v) is 5.44. The highest BCUT2D eigenvalue weighted by Crippen LogP contribution is 2.22. The van der Waals surface area contributed by atoms with Gasteiger partial charge in [0.2, 0.25) is 5.91 Å². The van der Waals surface area contributed by atoms with E-state index >= 15 is 0 Å². The Labute approximate surface area is 110 Å². The zero-order valence-corrected chi connectivity index (χ0v) is 11.1. The molecule has 0 radical (unpaired) electrons. The smallest absolute Gasteiger partial charge is 0.234 e. The van der Waals surface area contributed by atoms with Crippen LogP contribution in [0.1, 0.15) is 11.3 Å². The zero-order valence-electron chi connectivity index (χ0n) is 9.57. The summed E-state index contributed by atoms with van der Waals surface area (Å²) in [5, 5.41) is 11.0. The molecule has 0 bridgehead atoms. The lowest BCUT2D eigenvalue weighted by Gasteiger charge is -2.14. The Bertz CT molecular complexity index is 413. The highest BCUT2D eigenvalue weighted by molar-refractivity contribution is 7.16. The molecule has 0 aliphatic heterocycles. The third-order valence-electron chi connectivity index (χ3n) is 2.03. The van der Waals surface area contributed by atoms with Crippen molar-refractivity contribution in [3.05, 3.63) is 21.3 Å². The lowest BCUT2D eigenvalue weighted by molar-refractivity contribution is -0.122. The van der Waals surface area contributed by atoms with Gasteiger partial charge in [-0.15, -0.1) is 11.3 Å². The van der Waals surface area contributed by atoms with Crippen LogP contribution in [0.2, 0.25) is 4.34 Å². The van der Waals surface area contributed by atoms with Crippen molar-refractivity contribution >= 4 is 28.8 Å². The fourth-order valence-electron chi connectivity index (χ4n) is 1.32. The summed E-state index contributed by atoms with van der Waals surface area (Å²) in [5.41, 5.74) is 0. The van der Waals surface area contributed by atoms with E-state index in [2.05, 4.69) is 5.32 Å². The Morgan fingerprint density at radius 3 is 3.00 bits per heavy atom. The predicted octanol–water partition coefficient (Wildman–Crippen LogP) is 1.86. The molecule has 1 aromatic heterocycles. The molecule has 0 saturated heterocycles. The molecule has 6 heteroatoms. The maximum absolute atomic E-state index is 11.4. The lowest BCUT2D eigenvalue weighted by Crippen LogP contribution is -2.35. The molecule has 4 nitrogen and oxygen atoms in total. The van der Waals surface area contributed by atoms with Gasteiger partial charge in [0.1, 0.15) is 0 Å². The molecule has 1 N–H and O–H groups in total. The van der Waals surface area contributed by atoms with Crippen molar-refractivity contribution in [2.24, 2.45) is 0 Å². The van der Waals surface area contributed by atoms with Crippen molar-refractivity contribution < 1.29 is 4.79 Å². The van der Waals surface area contributed by atoms with Crippen LogP contribution in [0.5, 0.6) is 0 Å². The van der Waals surface area contributed by atoms with Gasteiger partial charge in [-0.1, -0.05) is 11.6 Å². The standard InChI is InChI=1S/C11H14ClN3OS/c1-15(7-9-3-4-10(12)17-9)8-11(16)14-6-2-5-13/h3-4H,2,6-8H2,1H3,(H,14,16). The van der Waals surface area contributed by atoms with Crippen molar-refractivity contribution in [3.63, 3.8) is 0 Å². The Hall–Kier alpha value is -1.09. The number of likely N-dealkylation sites (N-methyl/N-ethyl adjacent to an activating group) is 1. The van der Waals surface area contributed by atoms with Gasteiger partial charge < -0.3 is 5.32 Å². The SMILES string of the molecule is CN(CC(=O)NCCC#N)Cc1ccc(Cl)s1. The first-order chi connectivity index (χ1) is 8.11. The first-order valence-corrected chi connectivity index (χ1v) is 6.37. The summed E-state index contributed by atoms with van der Waals surface area (Å²) in [6, 6.07) is 5.78. The van der Waals surface area contributed by atoms with E-state index in [1.54, 1.807) is 0 Å². The second-order valence-electron chi connectivity index (χ2n) is 3.64. The van der Waals surface area contributed by atoms with Crippen LogP contribution in [-0.2, 0) is 11.3 Å². The lowest BCUT2D eigenvalue weighted by atomic mass is 10.4. The molecule has 92 valence electrons. The maximum Gasteiger partial charge on any atom is 0.234 e. The van der Waals surface area contributed by atoms with E-state index in [0.717, 1.165) is 9.21 Å². The van der Waals surface area contributed by atoms with Crippen LogP contribution < -0.4 is 5.32 Å². The van der Waals surface area contributed by atoms with Gasteiger partial charge in [0.15, 0.2) is 0 Å².